The van der Waals surface area contributed by atoms with Gasteiger partial charge in [-0.25, -0.2) is 0 Å². The molecule has 0 heterocycles. The molecule has 0 saturated carbocycles. The number of quaternary nitrogens is 1. The van der Waals surface area contributed by atoms with Crippen molar-refractivity contribution < 1.29 is 37.3 Å². The van der Waals surface area contributed by atoms with Crippen LogP contribution >= 0.6 is 7.82 Å². The lowest BCUT2D eigenvalue weighted by atomic mass is 10.0. The molecule has 0 rings (SSSR count). The maximum Gasteiger partial charge on any atom is 0.306 e. The number of hydrogen-bond acceptors (Lipinski definition) is 7. The number of unbranched alkanes of at least 4 members (excludes halogenated alkanes) is 26. The molecule has 0 saturated heterocycles. The minimum Gasteiger partial charge on any atom is -0.756 e. The Balaban J connectivity index is 5.28. The van der Waals surface area contributed by atoms with Gasteiger partial charge in [0.1, 0.15) is 19.3 Å². The van der Waals surface area contributed by atoms with E-state index in [0.29, 0.717) is 23.9 Å². The maximum absolute atomic E-state index is 13.5. The first-order valence-corrected chi connectivity index (χ1v) is 31.9. The molecule has 428 valence electrons. The molecule has 0 spiro atoms. The van der Waals surface area contributed by atoms with Crippen molar-refractivity contribution in [1.29, 1.82) is 0 Å². The van der Waals surface area contributed by atoms with E-state index in [1.807, 2.05) is 33.3 Å². The number of likely N-dealkylation sites (N-methyl/N-ethyl adjacent to an activating group) is 1. The largest absolute Gasteiger partial charge is 0.756 e. The van der Waals surface area contributed by atoms with Gasteiger partial charge in [-0.1, -0.05) is 247 Å². The number of nitrogens with zero attached hydrogens (tertiary/aromatic N) is 1. The van der Waals surface area contributed by atoms with Crippen LogP contribution in [-0.4, -0.2) is 69.4 Å². The molecule has 74 heavy (non-hydrogen) atoms. The lowest BCUT2D eigenvalue weighted by Gasteiger charge is -2.30. The predicted octanol–water partition coefficient (Wildman–Crippen LogP) is 18.0. The van der Waals surface area contributed by atoms with E-state index in [9.17, 15) is 19.0 Å². The highest BCUT2D eigenvalue weighted by Crippen LogP contribution is 2.38. The summed E-state index contributed by atoms with van der Waals surface area (Å²) < 4.78 is 30.3. The average Bonchev–Trinajstić information content (AvgIpc) is 3.36. The van der Waals surface area contributed by atoms with Gasteiger partial charge in [-0.2, -0.15) is 0 Å². The molecule has 0 radical (unpaired) electrons. The van der Waals surface area contributed by atoms with E-state index in [1.54, 1.807) is 0 Å². The van der Waals surface area contributed by atoms with E-state index in [4.69, 9.17) is 13.8 Å². The molecular weight excluding hydrogens is 940 g/mol. The summed E-state index contributed by atoms with van der Waals surface area (Å²) in [6.45, 7) is 6.71. The Morgan fingerprint density at radius 1 is 0.486 bits per heavy atom. The SMILES string of the molecule is CC/C=C\C/C=C\C/C=C\C/C=C\C/C=C\C/C=C\CCCCCCC(=O)OC(/C=C/CCCCCCCCCCCC)C(COP(=O)([O-])OCC[N+](C)(C)C)NC(=O)CCCCCCCCCCCCCCC. The monoisotopic (exact) mass is 1050 g/mol. The second-order valence-electron chi connectivity index (χ2n) is 21.5. The molecule has 1 N–H and O–H groups in total. The Hall–Kier alpha value is -2.81. The van der Waals surface area contributed by atoms with Gasteiger partial charge < -0.3 is 28.5 Å². The van der Waals surface area contributed by atoms with Gasteiger partial charge in [0, 0.05) is 12.8 Å². The van der Waals surface area contributed by atoms with Crippen LogP contribution in [0.3, 0.4) is 0 Å². The highest BCUT2D eigenvalue weighted by atomic mass is 31.2. The summed E-state index contributed by atoms with van der Waals surface area (Å²) in [4.78, 5) is 39.9. The highest BCUT2D eigenvalue weighted by Gasteiger charge is 2.27. The summed E-state index contributed by atoms with van der Waals surface area (Å²) in [5.41, 5.74) is 0. The quantitative estimate of drug-likeness (QED) is 0.0212. The van der Waals surface area contributed by atoms with Gasteiger partial charge >= 0.3 is 5.97 Å². The number of allylic oxidation sites excluding steroid dienone is 13. The zero-order valence-corrected chi connectivity index (χ0v) is 49.7. The highest BCUT2D eigenvalue weighted by molar-refractivity contribution is 7.45. The van der Waals surface area contributed by atoms with Gasteiger partial charge in [0.15, 0.2) is 0 Å². The van der Waals surface area contributed by atoms with Crippen LogP contribution < -0.4 is 10.2 Å². The van der Waals surface area contributed by atoms with Crippen LogP contribution in [0.5, 0.6) is 0 Å². The molecule has 3 atom stereocenters. The molecule has 9 nitrogen and oxygen atoms in total. The fourth-order valence-corrected chi connectivity index (χ4v) is 9.13. The van der Waals surface area contributed by atoms with E-state index < -0.39 is 26.6 Å². The Morgan fingerprint density at radius 2 is 0.865 bits per heavy atom. The van der Waals surface area contributed by atoms with Crippen molar-refractivity contribution in [2.24, 2.45) is 0 Å². The Morgan fingerprint density at radius 3 is 1.30 bits per heavy atom. The van der Waals surface area contributed by atoms with E-state index in [1.165, 1.54) is 116 Å². The number of carbonyl (C=O) groups is 2. The molecule has 0 aliphatic carbocycles. The minimum absolute atomic E-state index is 0.0289. The maximum atomic E-state index is 13.5. The fourth-order valence-electron chi connectivity index (χ4n) is 8.41. The summed E-state index contributed by atoms with van der Waals surface area (Å²) >= 11 is 0. The number of phosphoric acid groups is 1. The molecule has 0 aromatic heterocycles. The molecule has 10 heteroatoms. The number of nitrogens with one attached hydrogen (secondary N) is 1. The third-order valence-electron chi connectivity index (χ3n) is 13.1. The molecule has 0 aromatic carbocycles. The number of carbonyl (C=O) groups excluding carboxylic acids is 2. The van der Waals surface area contributed by atoms with E-state index in [-0.39, 0.29) is 24.9 Å². The number of phosphoric ester groups is 1. The van der Waals surface area contributed by atoms with Crippen molar-refractivity contribution in [3.63, 3.8) is 0 Å². The fraction of sp³-hybridized carbons (Fsp3) is 0.750. The molecular formula is C64H115N2O7P. The summed E-state index contributed by atoms with van der Waals surface area (Å²) in [6.07, 6.45) is 69.7. The first kappa shape index (κ1) is 71.2. The van der Waals surface area contributed by atoms with Gasteiger partial charge in [-0.3, -0.25) is 14.2 Å². The molecule has 0 aromatic rings. The lowest BCUT2D eigenvalue weighted by molar-refractivity contribution is -0.870. The molecule has 0 bridgehead atoms. The van der Waals surface area contributed by atoms with Gasteiger partial charge in [-0.15, -0.1) is 0 Å². The van der Waals surface area contributed by atoms with Crippen molar-refractivity contribution in [2.45, 2.75) is 270 Å². The summed E-state index contributed by atoms with van der Waals surface area (Å²) in [7, 11) is 1.16. The smallest absolute Gasteiger partial charge is 0.306 e. The van der Waals surface area contributed by atoms with Crippen molar-refractivity contribution in [3.05, 3.63) is 85.1 Å². The Bertz CT molecular complexity index is 1540. The number of amides is 1. The summed E-state index contributed by atoms with van der Waals surface area (Å²) in [5.74, 6) is -0.569. The number of ether oxygens (including phenoxy) is 1. The third kappa shape index (κ3) is 54.0. The van der Waals surface area contributed by atoms with Gasteiger partial charge in [0.2, 0.25) is 5.91 Å². The van der Waals surface area contributed by atoms with Crippen LogP contribution in [0.1, 0.15) is 258 Å². The molecule has 0 aliphatic heterocycles. The second kappa shape index (κ2) is 53.6. The van der Waals surface area contributed by atoms with Crippen molar-refractivity contribution in [2.75, 3.05) is 40.9 Å². The second-order valence-corrected chi connectivity index (χ2v) is 22.9. The minimum atomic E-state index is -4.70. The first-order chi connectivity index (χ1) is 35.9. The standard InChI is InChI=1S/C64H115N2O7P/c1-7-10-13-16-19-22-25-28-29-30-31-32-33-34-35-36-37-39-42-45-48-51-54-57-64(68)73-62(55-52-49-46-43-40-27-24-21-18-15-12-9-3)61(60-72-74(69,70)71-59-58-66(4,5)6)65-63(67)56-53-50-47-44-41-38-26-23-20-17-14-11-8-2/h10,13,19,22,28-29,31-32,34-35,37,39,52,55,61-62H,7-9,11-12,14-18,20-21,23-27,30,33,36,38,40-51,53-54,56-60H2,1-6H3,(H-,65,67,69,70)/b13-10-,22-19-,29-28-,32-31-,35-34-,39-37-,55-52+. The Kier molecular flexibility index (Phi) is 51.5. The normalized spacial score (nSPS) is 14.3. The van der Waals surface area contributed by atoms with Gasteiger partial charge in [0.25, 0.3) is 7.82 Å². The van der Waals surface area contributed by atoms with Crippen LogP contribution in [0.2, 0.25) is 0 Å². The predicted molar refractivity (Wildman–Crippen MR) is 316 cm³/mol. The first-order valence-electron chi connectivity index (χ1n) is 30.4. The number of rotatable bonds is 54. The van der Waals surface area contributed by atoms with E-state index in [0.717, 1.165) is 103 Å². The Labute approximate surface area is 456 Å². The number of esters is 1. The zero-order chi connectivity index (χ0) is 54.3. The zero-order valence-electron chi connectivity index (χ0n) is 48.8. The van der Waals surface area contributed by atoms with Gasteiger partial charge in [-0.05, 0) is 83.1 Å². The summed E-state index contributed by atoms with van der Waals surface area (Å²) in [5, 5.41) is 3.02. The van der Waals surface area contributed by atoms with Crippen LogP contribution in [0, 0.1) is 0 Å². The molecule has 0 aliphatic rings. The van der Waals surface area contributed by atoms with Crippen LogP contribution in [-0.2, 0) is 27.9 Å². The molecule has 1 amide bonds. The average molecular weight is 1060 g/mol. The van der Waals surface area contributed by atoms with Gasteiger partial charge in [0.05, 0.1) is 33.8 Å². The molecule has 3 unspecified atom stereocenters. The van der Waals surface area contributed by atoms with Crippen molar-refractivity contribution in [1.82, 2.24) is 5.32 Å². The third-order valence-corrected chi connectivity index (χ3v) is 14.1. The summed E-state index contributed by atoms with van der Waals surface area (Å²) in [6, 6.07) is -0.900. The van der Waals surface area contributed by atoms with Crippen LogP contribution in [0.15, 0.2) is 85.1 Å². The van der Waals surface area contributed by atoms with Crippen molar-refractivity contribution >= 4 is 19.7 Å². The van der Waals surface area contributed by atoms with Crippen LogP contribution in [0.25, 0.3) is 0 Å². The van der Waals surface area contributed by atoms with Crippen molar-refractivity contribution in [3.8, 4) is 0 Å². The van der Waals surface area contributed by atoms with E-state index >= 15 is 0 Å². The topological polar surface area (TPSA) is 114 Å². The molecule has 0 fully saturated rings. The van der Waals surface area contributed by atoms with E-state index in [2.05, 4.69) is 99.0 Å². The van der Waals surface area contributed by atoms with Crippen LogP contribution in [0.4, 0.5) is 0 Å². The number of hydrogen-bond donors (Lipinski definition) is 1. The lowest BCUT2D eigenvalue weighted by Crippen LogP contribution is -2.47.